The lowest BCUT2D eigenvalue weighted by atomic mass is 9.76. The van der Waals surface area contributed by atoms with Crippen LogP contribution < -0.4 is 10.2 Å². The van der Waals surface area contributed by atoms with Crippen molar-refractivity contribution in [3.05, 3.63) is 29.8 Å². The number of nitrogens with one attached hydrogen (secondary N) is 1. The van der Waals surface area contributed by atoms with Crippen LogP contribution in [0.1, 0.15) is 45.6 Å². The number of halogens is 1. The minimum absolute atomic E-state index is 0. The van der Waals surface area contributed by atoms with Gasteiger partial charge >= 0.3 is 0 Å². The van der Waals surface area contributed by atoms with Gasteiger partial charge in [-0.15, -0.1) is 12.4 Å². The van der Waals surface area contributed by atoms with E-state index in [2.05, 4.69) is 45.1 Å². The van der Waals surface area contributed by atoms with Gasteiger partial charge in [0.05, 0.1) is 0 Å². The summed E-state index contributed by atoms with van der Waals surface area (Å²) < 4.78 is 0. The second kappa shape index (κ2) is 7.47. The molecule has 0 aliphatic carbocycles. The van der Waals surface area contributed by atoms with Crippen molar-refractivity contribution >= 4 is 24.0 Å². The van der Waals surface area contributed by atoms with Gasteiger partial charge < -0.3 is 10.2 Å². The summed E-state index contributed by atoms with van der Waals surface area (Å²) in [6, 6.07) is 8.55. The molecule has 3 nitrogen and oxygen atoms in total. The molecule has 1 aliphatic rings. The highest BCUT2D eigenvalue weighted by Gasteiger charge is 2.45. The molecular formula is C18H29ClN2O. The SMILES string of the molecule is Cc1ccc(N(C)C(=O)[C@@]2(C(C)C)CCCC(C)N2)cc1.Cl. The van der Waals surface area contributed by atoms with Gasteiger partial charge in [-0.2, -0.15) is 0 Å². The first-order valence-electron chi connectivity index (χ1n) is 7.99. The summed E-state index contributed by atoms with van der Waals surface area (Å²) in [5.41, 5.74) is 1.74. The van der Waals surface area contributed by atoms with E-state index in [-0.39, 0.29) is 24.2 Å². The van der Waals surface area contributed by atoms with Gasteiger partial charge in [0.15, 0.2) is 0 Å². The van der Waals surface area contributed by atoms with Crippen molar-refractivity contribution in [3.8, 4) is 0 Å². The molecule has 1 heterocycles. The predicted octanol–water partition coefficient (Wildman–Crippen LogP) is 3.94. The van der Waals surface area contributed by atoms with Crippen LogP contribution in [-0.4, -0.2) is 24.5 Å². The molecule has 0 spiro atoms. The molecule has 0 bridgehead atoms. The second-order valence-corrected chi connectivity index (χ2v) is 6.76. The van der Waals surface area contributed by atoms with Crippen molar-refractivity contribution in [2.75, 3.05) is 11.9 Å². The van der Waals surface area contributed by atoms with Gasteiger partial charge in [0.2, 0.25) is 5.91 Å². The third-order valence-electron chi connectivity index (χ3n) is 4.81. The van der Waals surface area contributed by atoms with Gasteiger partial charge in [0.1, 0.15) is 5.54 Å². The van der Waals surface area contributed by atoms with E-state index in [0.717, 1.165) is 24.9 Å². The van der Waals surface area contributed by atoms with Crippen LogP contribution in [0.4, 0.5) is 5.69 Å². The average Bonchev–Trinajstić information content (AvgIpc) is 2.46. The van der Waals surface area contributed by atoms with Crippen LogP contribution in [0.3, 0.4) is 0 Å². The summed E-state index contributed by atoms with van der Waals surface area (Å²) in [6.07, 6.45) is 3.18. The standard InChI is InChI=1S/C18H28N2O.ClH/c1-13(2)18(12-6-7-15(4)19-18)17(21)20(5)16-10-8-14(3)9-11-16;/h8-11,13,15,19H,6-7,12H2,1-5H3;1H/t15?,18-;/m0./s1. The molecule has 0 saturated carbocycles. The Labute approximate surface area is 140 Å². The van der Waals surface area contributed by atoms with Gasteiger partial charge in [0.25, 0.3) is 0 Å². The van der Waals surface area contributed by atoms with Crippen molar-refractivity contribution < 1.29 is 4.79 Å². The fourth-order valence-corrected chi connectivity index (χ4v) is 3.33. The second-order valence-electron chi connectivity index (χ2n) is 6.76. The van der Waals surface area contributed by atoms with E-state index in [1.807, 2.05) is 24.1 Å². The van der Waals surface area contributed by atoms with Crippen LogP contribution >= 0.6 is 12.4 Å². The van der Waals surface area contributed by atoms with Gasteiger partial charge in [-0.05, 0) is 51.2 Å². The number of piperidine rings is 1. The number of amides is 1. The maximum absolute atomic E-state index is 13.2. The first-order chi connectivity index (χ1) is 9.86. The number of nitrogens with zero attached hydrogens (tertiary/aromatic N) is 1. The zero-order chi connectivity index (χ0) is 15.6. The fourth-order valence-electron chi connectivity index (χ4n) is 3.33. The lowest BCUT2D eigenvalue weighted by molar-refractivity contribution is -0.128. The molecule has 1 unspecified atom stereocenters. The van der Waals surface area contributed by atoms with Crippen LogP contribution in [0.5, 0.6) is 0 Å². The lowest BCUT2D eigenvalue weighted by Crippen LogP contribution is -2.64. The minimum Gasteiger partial charge on any atom is -0.314 e. The lowest BCUT2D eigenvalue weighted by Gasteiger charge is -2.45. The van der Waals surface area contributed by atoms with Crippen molar-refractivity contribution in [1.82, 2.24) is 5.32 Å². The van der Waals surface area contributed by atoms with Crippen LogP contribution in [0.25, 0.3) is 0 Å². The minimum atomic E-state index is -0.433. The molecule has 1 N–H and O–H groups in total. The van der Waals surface area contributed by atoms with E-state index >= 15 is 0 Å². The number of aryl methyl sites for hydroxylation is 1. The Kier molecular flexibility index (Phi) is 6.45. The number of rotatable bonds is 3. The van der Waals surface area contributed by atoms with Crippen molar-refractivity contribution in [3.63, 3.8) is 0 Å². The number of hydrogen-bond acceptors (Lipinski definition) is 2. The Morgan fingerprint density at radius 3 is 2.41 bits per heavy atom. The number of benzene rings is 1. The zero-order valence-electron chi connectivity index (χ0n) is 14.3. The normalized spacial score (nSPS) is 24.7. The average molecular weight is 325 g/mol. The largest absolute Gasteiger partial charge is 0.314 e. The van der Waals surface area contributed by atoms with E-state index in [4.69, 9.17) is 0 Å². The Morgan fingerprint density at radius 2 is 1.91 bits per heavy atom. The van der Waals surface area contributed by atoms with Crippen molar-refractivity contribution in [1.29, 1.82) is 0 Å². The summed E-state index contributed by atoms with van der Waals surface area (Å²) in [7, 11) is 1.89. The van der Waals surface area contributed by atoms with E-state index in [9.17, 15) is 4.79 Å². The monoisotopic (exact) mass is 324 g/mol. The predicted molar refractivity (Wildman–Crippen MR) is 95.9 cm³/mol. The van der Waals surface area contributed by atoms with Crippen molar-refractivity contribution in [2.24, 2.45) is 5.92 Å². The topological polar surface area (TPSA) is 32.3 Å². The molecule has 22 heavy (non-hydrogen) atoms. The third-order valence-corrected chi connectivity index (χ3v) is 4.81. The first kappa shape index (κ1) is 19.0. The Balaban J connectivity index is 0.00000242. The molecule has 1 saturated heterocycles. The van der Waals surface area contributed by atoms with Crippen LogP contribution in [0, 0.1) is 12.8 Å². The summed E-state index contributed by atoms with van der Waals surface area (Å²) in [5.74, 6) is 0.466. The number of carbonyl (C=O) groups is 1. The fraction of sp³-hybridized carbons (Fsp3) is 0.611. The molecule has 2 atom stereocenters. The van der Waals surface area contributed by atoms with E-state index < -0.39 is 5.54 Å². The molecule has 2 rings (SSSR count). The molecule has 1 fully saturated rings. The Hall–Kier alpha value is -1.06. The molecule has 0 radical (unpaired) electrons. The Morgan fingerprint density at radius 1 is 1.32 bits per heavy atom. The molecule has 1 aromatic rings. The van der Waals surface area contributed by atoms with Gasteiger partial charge in [-0.3, -0.25) is 4.79 Å². The highest BCUT2D eigenvalue weighted by molar-refractivity contribution is 6.00. The molecule has 1 aliphatic heterocycles. The summed E-state index contributed by atoms with van der Waals surface area (Å²) in [4.78, 5) is 15.0. The number of hydrogen-bond donors (Lipinski definition) is 1. The van der Waals surface area contributed by atoms with Crippen molar-refractivity contribution in [2.45, 2.75) is 58.5 Å². The van der Waals surface area contributed by atoms with E-state index in [1.165, 1.54) is 5.56 Å². The van der Waals surface area contributed by atoms with Gasteiger partial charge in [0, 0.05) is 18.8 Å². The zero-order valence-corrected chi connectivity index (χ0v) is 15.2. The smallest absolute Gasteiger partial charge is 0.247 e. The molecule has 1 aromatic carbocycles. The van der Waals surface area contributed by atoms with Crippen LogP contribution in [0.15, 0.2) is 24.3 Å². The summed E-state index contributed by atoms with van der Waals surface area (Å²) in [6.45, 7) is 8.53. The maximum atomic E-state index is 13.2. The van der Waals surface area contributed by atoms with Crippen LogP contribution in [0.2, 0.25) is 0 Å². The Bertz CT molecular complexity index is 500. The summed E-state index contributed by atoms with van der Waals surface area (Å²) in [5, 5.41) is 3.60. The van der Waals surface area contributed by atoms with E-state index in [0.29, 0.717) is 6.04 Å². The van der Waals surface area contributed by atoms with Gasteiger partial charge in [-0.1, -0.05) is 31.5 Å². The molecule has 4 heteroatoms. The molecular weight excluding hydrogens is 296 g/mol. The number of anilines is 1. The van der Waals surface area contributed by atoms with Crippen LogP contribution in [-0.2, 0) is 4.79 Å². The molecule has 0 aromatic heterocycles. The quantitative estimate of drug-likeness (QED) is 0.913. The molecule has 124 valence electrons. The first-order valence-corrected chi connectivity index (χ1v) is 7.99. The highest BCUT2D eigenvalue weighted by Crippen LogP contribution is 2.32. The third kappa shape index (κ3) is 3.64. The number of carbonyl (C=O) groups excluding carboxylic acids is 1. The van der Waals surface area contributed by atoms with E-state index in [1.54, 1.807) is 0 Å². The summed E-state index contributed by atoms with van der Waals surface area (Å²) >= 11 is 0. The molecule has 1 amide bonds. The highest BCUT2D eigenvalue weighted by atomic mass is 35.5. The maximum Gasteiger partial charge on any atom is 0.247 e. The van der Waals surface area contributed by atoms with Gasteiger partial charge in [-0.25, -0.2) is 0 Å². The number of likely N-dealkylation sites (N-methyl/N-ethyl adjacent to an activating group) is 1.